The van der Waals surface area contributed by atoms with Gasteiger partial charge in [-0.3, -0.25) is 0 Å². The molecule has 5 heteroatoms. The normalized spacial score (nSPS) is 17.9. The molecule has 1 aromatic rings. The largest absolute Gasteiger partial charge is 0.496 e. The van der Waals surface area contributed by atoms with Gasteiger partial charge in [0.1, 0.15) is 5.75 Å². The number of thioether (sulfide) groups is 1. The van der Waals surface area contributed by atoms with E-state index in [4.69, 9.17) is 26.8 Å². The van der Waals surface area contributed by atoms with Crippen LogP contribution in [0.1, 0.15) is 0 Å². The summed E-state index contributed by atoms with van der Waals surface area (Å²) in [5.41, 5.74) is 5.77. The van der Waals surface area contributed by atoms with E-state index in [1.807, 2.05) is 18.2 Å². The number of nitrogens with two attached hydrogens (primary N) is 1. The highest BCUT2D eigenvalue weighted by Gasteiger charge is 2.39. The summed E-state index contributed by atoms with van der Waals surface area (Å²) in [6, 6.07) is 5.59. The van der Waals surface area contributed by atoms with Crippen LogP contribution >= 0.6 is 23.4 Å². The number of hydrogen-bond donors (Lipinski definition) is 1. The van der Waals surface area contributed by atoms with Gasteiger partial charge in [-0.15, -0.1) is 11.8 Å². The van der Waals surface area contributed by atoms with Crippen LogP contribution in [0.15, 0.2) is 23.1 Å². The van der Waals surface area contributed by atoms with E-state index in [1.165, 1.54) is 0 Å². The van der Waals surface area contributed by atoms with E-state index in [0.717, 1.165) is 10.6 Å². The second-order valence-electron chi connectivity index (χ2n) is 3.78. The maximum atomic E-state index is 5.98. The number of ether oxygens (including phenoxy) is 2. The standard InChI is InChI=1S/C11H14ClNO2S/c1-14-9-3-2-8(12)4-10(9)16-11(5-13)6-15-7-11/h2-4H,5-7,13H2,1H3. The Morgan fingerprint density at radius 2 is 2.31 bits per heavy atom. The summed E-state index contributed by atoms with van der Waals surface area (Å²) in [6.07, 6.45) is 0. The predicted molar refractivity (Wildman–Crippen MR) is 66.5 cm³/mol. The third-order valence-electron chi connectivity index (χ3n) is 2.55. The second-order valence-corrected chi connectivity index (χ2v) is 5.72. The van der Waals surface area contributed by atoms with E-state index in [9.17, 15) is 0 Å². The van der Waals surface area contributed by atoms with Gasteiger partial charge in [0.15, 0.2) is 0 Å². The first-order chi connectivity index (χ1) is 7.69. The molecule has 0 atom stereocenters. The summed E-state index contributed by atoms with van der Waals surface area (Å²) in [5.74, 6) is 0.828. The fourth-order valence-electron chi connectivity index (χ4n) is 1.51. The van der Waals surface area contributed by atoms with Gasteiger partial charge in [0.2, 0.25) is 0 Å². The zero-order chi connectivity index (χ0) is 11.6. The number of hydrogen-bond acceptors (Lipinski definition) is 4. The first-order valence-corrected chi connectivity index (χ1v) is 6.19. The van der Waals surface area contributed by atoms with Gasteiger partial charge in [0, 0.05) is 11.6 Å². The first-order valence-electron chi connectivity index (χ1n) is 4.99. The molecule has 2 N–H and O–H groups in total. The molecule has 0 aromatic heterocycles. The third kappa shape index (κ3) is 2.30. The van der Waals surface area contributed by atoms with Crippen molar-refractivity contribution in [1.82, 2.24) is 0 Å². The molecule has 88 valence electrons. The lowest BCUT2D eigenvalue weighted by Crippen LogP contribution is -2.52. The molecule has 0 amide bonds. The Morgan fingerprint density at radius 3 is 2.81 bits per heavy atom. The van der Waals surface area contributed by atoms with E-state index < -0.39 is 0 Å². The minimum atomic E-state index is -0.0159. The van der Waals surface area contributed by atoms with E-state index in [-0.39, 0.29) is 4.75 Å². The highest BCUT2D eigenvalue weighted by atomic mass is 35.5. The van der Waals surface area contributed by atoms with Crippen LogP contribution in [0, 0.1) is 0 Å². The number of rotatable bonds is 4. The molecule has 0 spiro atoms. The molecule has 0 saturated carbocycles. The van der Waals surface area contributed by atoms with Crippen molar-refractivity contribution in [2.75, 3.05) is 26.9 Å². The van der Waals surface area contributed by atoms with Gasteiger partial charge in [0.05, 0.1) is 30.0 Å². The summed E-state index contributed by atoms with van der Waals surface area (Å²) in [5, 5.41) is 0.704. The molecule has 0 radical (unpaired) electrons. The molecule has 1 fully saturated rings. The summed E-state index contributed by atoms with van der Waals surface area (Å²) < 4.78 is 10.5. The topological polar surface area (TPSA) is 44.5 Å². The molecule has 1 aliphatic heterocycles. The Morgan fingerprint density at radius 1 is 1.56 bits per heavy atom. The zero-order valence-electron chi connectivity index (χ0n) is 9.03. The van der Waals surface area contributed by atoms with Crippen LogP contribution in [-0.2, 0) is 4.74 Å². The van der Waals surface area contributed by atoms with Gasteiger partial charge in [-0.1, -0.05) is 11.6 Å². The van der Waals surface area contributed by atoms with Crippen LogP contribution in [0.3, 0.4) is 0 Å². The maximum Gasteiger partial charge on any atom is 0.132 e. The molecular weight excluding hydrogens is 246 g/mol. The van der Waals surface area contributed by atoms with Gasteiger partial charge in [0.25, 0.3) is 0 Å². The average Bonchev–Trinajstić information content (AvgIpc) is 2.24. The third-order valence-corrected chi connectivity index (χ3v) is 4.16. The molecule has 1 saturated heterocycles. The van der Waals surface area contributed by atoms with Crippen LogP contribution in [0.2, 0.25) is 5.02 Å². The number of benzene rings is 1. The van der Waals surface area contributed by atoms with E-state index in [1.54, 1.807) is 18.9 Å². The fraction of sp³-hybridized carbons (Fsp3) is 0.455. The number of methoxy groups -OCH3 is 1. The smallest absolute Gasteiger partial charge is 0.132 e. The average molecular weight is 260 g/mol. The first kappa shape index (κ1) is 12.0. The second kappa shape index (κ2) is 4.84. The minimum Gasteiger partial charge on any atom is -0.496 e. The molecule has 16 heavy (non-hydrogen) atoms. The maximum absolute atomic E-state index is 5.98. The van der Waals surface area contributed by atoms with Crippen LogP contribution in [0.4, 0.5) is 0 Å². The molecular formula is C11H14ClNO2S. The Balaban J connectivity index is 2.22. The molecule has 0 unspecified atom stereocenters. The summed E-state index contributed by atoms with van der Waals surface area (Å²) >= 11 is 7.66. The van der Waals surface area contributed by atoms with Crippen LogP contribution < -0.4 is 10.5 Å². The van der Waals surface area contributed by atoms with Gasteiger partial charge >= 0.3 is 0 Å². The van der Waals surface area contributed by atoms with E-state index in [2.05, 4.69) is 0 Å². The zero-order valence-corrected chi connectivity index (χ0v) is 10.6. The quantitative estimate of drug-likeness (QED) is 0.900. The van der Waals surface area contributed by atoms with Crippen molar-refractivity contribution in [2.24, 2.45) is 5.73 Å². The van der Waals surface area contributed by atoms with Gasteiger partial charge < -0.3 is 15.2 Å². The molecule has 0 bridgehead atoms. The summed E-state index contributed by atoms with van der Waals surface area (Å²) in [6.45, 7) is 1.96. The summed E-state index contributed by atoms with van der Waals surface area (Å²) in [7, 11) is 1.65. The lowest BCUT2D eigenvalue weighted by Gasteiger charge is -2.39. The lowest BCUT2D eigenvalue weighted by molar-refractivity contribution is -0.00437. The molecule has 2 rings (SSSR count). The van der Waals surface area contributed by atoms with Crippen molar-refractivity contribution in [3.63, 3.8) is 0 Å². The van der Waals surface area contributed by atoms with Crippen molar-refractivity contribution in [1.29, 1.82) is 0 Å². The molecule has 0 aliphatic carbocycles. The molecule has 3 nitrogen and oxygen atoms in total. The van der Waals surface area contributed by atoms with Crippen molar-refractivity contribution >= 4 is 23.4 Å². The van der Waals surface area contributed by atoms with Crippen molar-refractivity contribution < 1.29 is 9.47 Å². The molecule has 1 aromatic carbocycles. The Bertz CT molecular complexity index is 377. The van der Waals surface area contributed by atoms with E-state index >= 15 is 0 Å². The molecule has 1 heterocycles. The Kier molecular flexibility index (Phi) is 3.64. The Labute approximate surface area is 104 Å². The van der Waals surface area contributed by atoms with Gasteiger partial charge in [-0.25, -0.2) is 0 Å². The minimum absolute atomic E-state index is 0.0159. The van der Waals surface area contributed by atoms with Crippen LogP contribution in [0.5, 0.6) is 5.75 Å². The predicted octanol–water partition coefficient (Wildman–Crippen LogP) is 2.17. The Hall–Kier alpha value is -0.420. The van der Waals surface area contributed by atoms with Crippen molar-refractivity contribution in [3.8, 4) is 5.75 Å². The van der Waals surface area contributed by atoms with Gasteiger partial charge in [-0.05, 0) is 18.2 Å². The molecule has 1 aliphatic rings. The SMILES string of the molecule is COc1ccc(Cl)cc1SC1(CN)COC1. The lowest BCUT2D eigenvalue weighted by atomic mass is 10.1. The number of halogens is 1. The van der Waals surface area contributed by atoms with Crippen molar-refractivity contribution in [3.05, 3.63) is 23.2 Å². The highest BCUT2D eigenvalue weighted by Crippen LogP contribution is 2.42. The monoisotopic (exact) mass is 259 g/mol. The summed E-state index contributed by atoms with van der Waals surface area (Å²) in [4.78, 5) is 1.02. The highest BCUT2D eigenvalue weighted by molar-refractivity contribution is 8.01. The fourth-order valence-corrected chi connectivity index (χ4v) is 3.02. The van der Waals surface area contributed by atoms with Gasteiger partial charge in [-0.2, -0.15) is 0 Å². The van der Waals surface area contributed by atoms with Crippen LogP contribution in [-0.4, -0.2) is 31.6 Å². The van der Waals surface area contributed by atoms with E-state index in [0.29, 0.717) is 24.8 Å². The van der Waals surface area contributed by atoms with Crippen LogP contribution in [0.25, 0.3) is 0 Å². The van der Waals surface area contributed by atoms with Crippen molar-refractivity contribution in [2.45, 2.75) is 9.64 Å².